The number of rotatable bonds is 4. The molecule has 0 atom stereocenters. The maximum absolute atomic E-state index is 12.0. The predicted octanol–water partition coefficient (Wildman–Crippen LogP) is 4.18. The Morgan fingerprint density at radius 2 is 1.73 bits per heavy atom. The topological polar surface area (TPSA) is 47.6 Å². The van der Waals surface area contributed by atoms with Gasteiger partial charge in [0.1, 0.15) is 11.4 Å². The average molecular weight is 299 g/mol. The van der Waals surface area contributed by atoms with E-state index in [2.05, 4.69) is 26.3 Å². The zero-order chi connectivity index (χ0) is 16.2. The number of carbonyl (C=O) groups excluding carboxylic acids is 1. The van der Waals surface area contributed by atoms with Crippen molar-refractivity contribution in [2.45, 2.75) is 26.2 Å². The summed E-state index contributed by atoms with van der Waals surface area (Å²) in [5.41, 5.74) is 4.92. The number of nitrogens with one attached hydrogen (secondary N) is 1. The molecule has 0 unspecified atom stereocenters. The van der Waals surface area contributed by atoms with E-state index in [1.807, 2.05) is 24.3 Å². The van der Waals surface area contributed by atoms with Crippen molar-refractivity contribution in [1.29, 1.82) is 0 Å². The van der Waals surface area contributed by atoms with Gasteiger partial charge in [-0.3, -0.25) is 0 Å². The van der Waals surface area contributed by atoms with Gasteiger partial charge in [-0.15, -0.1) is 0 Å². The minimum absolute atomic E-state index is 0.00780. The summed E-state index contributed by atoms with van der Waals surface area (Å²) in [6.45, 7) is 6.36. The molecule has 0 amide bonds. The third-order valence-electron chi connectivity index (χ3n) is 3.33. The lowest BCUT2D eigenvalue weighted by Gasteiger charge is -2.21. The highest BCUT2D eigenvalue weighted by Crippen LogP contribution is 2.31. The minimum Gasteiger partial charge on any atom is -0.494 e. The lowest BCUT2D eigenvalue weighted by molar-refractivity contribution is 0.0595. The van der Waals surface area contributed by atoms with Crippen LogP contribution < -0.4 is 10.2 Å². The third kappa shape index (κ3) is 3.79. The molecule has 0 heterocycles. The molecule has 0 saturated heterocycles. The molecule has 2 aromatic carbocycles. The summed E-state index contributed by atoms with van der Waals surface area (Å²) in [5, 5.41) is 0. The molecule has 22 heavy (non-hydrogen) atoms. The van der Waals surface area contributed by atoms with Crippen LogP contribution in [0.1, 0.15) is 36.7 Å². The Labute approximate surface area is 131 Å². The largest absolute Gasteiger partial charge is 0.494 e. The summed E-state index contributed by atoms with van der Waals surface area (Å²) in [6.07, 6.45) is 0. The van der Waals surface area contributed by atoms with Gasteiger partial charge in [-0.25, -0.2) is 10.3 Å². The van der Waals surface area contributed by atoms with Crippen molar-refractivity contribution in [2.24, 2.45) is 0 Å². The molecule has 0 aliphatic rings. The molecule has 4 nitrogen and oxygen atoms in total. The van der Waals surface area contributed by atoms with Crippen LogP contribution in [0.2, 0.25) is 0 Å². The van der Waals surface area contributed by atoms with E-state index in [1.54, 1.807) is 31.4 Å². The summed E-state index contributed by atoms with van der Waals surface area (Å²) in [7, 11) is 1.58. The highest BCUT2D eigenvalue weighted by atomic mass is 16.7. The average Bonchev–Trinajstić information content (AvgIpc) is 2.52. The van der Waals surface area contributed by atoms with Crippen LogP contribution in [-0.4, -0.2) is 13.1 Å². The molecule has 0 aromatic heterocycles. The van der Waals surface area contributed by atoms with Crippen molar-refractivity contribution >= 4 is 11.7 Å². The first-order valence-electron chi connectivity index (χ1n) is 7.12. The lowest BCUT2D eigenvalue weighted by Crippen LogP contribution is -2.14. The van der Waals surface area contributed by atoms with Gasteiger partial charge in [0.15, 0.2) is 0 Å². The molecule has 0 aliphatic heterocycles. The molecular weight excluding hydrogens is 278 g/mol. The maximum Gasteiger partial charge on any atom is 0.362 e. The Kier molecular flexibility index (Phi) is 4.71. The predicted molar refractivity (Wildman–Crippen MR) is 87.2 cm³/mol. The Hall–Kier alpha value is -2.49. The van der Waals surface area contributed by atoms with E-state index in [0.29, 0.717) is 17.0 Å². The number of anilines is 1. The fourth-order valence-corrected chi connectivity index (χ4v) is 1.99. The van der Waals surface area contributed by atoms with Crippen molar-refractivity contribution in [3.05, 3.63) is 59.7 Å². The van der Waals surface area contributed by atoms with Crippen molar-refractivity contribution in [2.75, 3.05) is 12.6 Å². The summed E-state index contributed by atoms with van der Waals surface area (Å²) in [5.74, 6) is 0.178. The highest BCUT2D eigenvalue weighted by Gasteiger charge is 2.17. The molecular formula is C18H21NO3. The van der Waals surface area contributed by atoms with Gasteiger partial charge in [0.05, 0.1) is 12.7 Å². The van der Waals surface area contributed by atoms with E-state index in [4.69, 9.17) is 9.57 Å². The second-order valence-corrected chi connectivity index (χ2v) is 6.02. The first-order chi connectivity index (χ1) is 10.4. The summed E-state index contributed by atoms with van der Waals surface area (Å²) in [4.78, 5) is 17.1. The van der Waals surface area contributed by atoms with E-state index in [-0.39, 0.29) is 5.41 Å². The number of ether oxygens (including phenoxy) is 1. The molecule has 0 radical (unpaired) electrons. The van der Waals surface area contributed by atoms with Gasteiger partial charge in [-0.1, -0.05) is 45.0 Å². The van der Waals surface area contributed by atoms with E-state index in [1.165, 1.54) is 0 Å². The van der Waals surface area contributed by atoms with Crippen LogP contribution in [0.4, 0.5) is 5.69 Å². The Morgan fingerprint density at radius 1 is 1.05 bits per heavy atom. The maximum atomic E-state index is 12.0. The molecule has 0 spiro atoms. The molecule has 1 N–H and O–H groups in total. The van der Waals surface area contributed by atoms with Crippen molar-refractivity contribution in [3.8, 4) is 5.75 Å². The third-order valence-corrected chi connectivity index (χ3v) is 3.33. The monoisotopic (exact) mass is 299 g/mol. The first kappa shape index (κ1) is 15.9. The van der Waals surface area contributed by atoms with Crippen molar-refractivity contribution in [1.82, 2.24) is 0 Å². The summed E-state index contributed by atoms with van der Waals surface area (Å²) in [6, 6.07) is 14.6. The van der Waals surface area contributed by atoms with Crippen LogP contribution in [-0.2, 0) is 10.3 Å². The van der Waals surface area contributed by atoms with Crippen LogP contribution >= 0.6 is 0 Å². The second-order valence-electron chi connectivity index (χ2n) is 6.02. The van der Waals surface area contributed by atoms with Crippen LogP contribution in [0.15, 0.2) is 48.5 Å². The smallest absolute Gasteiger partial charge is 0.362 e. The lowest BCUT2D eigenvalue weighted by atomic mass is 9.87. The molecule has 0 aliphatic carbocycles. The van der Waals surface area contributed by atoms with Gasteiger partial charge in [-0.05, 0) is 35.2 Å². The van der Waals surface area contributed by atoms with E-state index >= 15 is 0 Å². The van der Waals surface area contributed by atoms with E-state index in [0.717, 1.165) is 5.56 Å². The van der Waals surface area contributed by atoms with Crippen molar-refractivity contribution < 1.29 is 14.4 Å². The van der Waals surface area contributed by atoms with Gasteiger partial charge in [-0.2, -0.15) is 0 Å². The number of hydrogen-bond donors (Lipinski definition) is 1. The molecule has 0 fully saturated rings. The van der Waals surface area contributed by atoms with Crippen LogP contribution in [0, 0.1) is 0 Å². The number of benzene rings is 2. The molecule has 2 aromatic rings. The molecule has 0 saturated carbocycles. The first-order valence-corrected chi connectivity index (χ1v) is 7.12. The highest BCUT2D eigenvalue weighted by molar-refractivity contribution is 5.89. The zero-order valence-corrected chi connectivity index (χ0v) is 13.3. The minimum atomic E-state index is -0.441. The van der Waals surface area contributed by atoms with Crippen LogP contribution in [0.5, 0.6) is 5.75 Å². The zero-order valence-electron chi connectivity index (χ0n) is 13.3. The van der Waals surface area contributed by atoms with Gasteiger partial charge >= 0.3 is 5.97 Å². The quantitative estimate of drug-likeness (QED) is 0.860. The molecule has 2 rings (SSSR count). The number of methoxy groups -OCH3 is 1. The fourth-order valence-electron chi connectivity index (χ4n) is 1.99. The number of hydrogen-bond acceptors (Lipinski definition) is 4. The van der Waals surface area contributed by atoms with Gasteiger partial charge in [0.2, 0.25) is 0 Å². The summed E-state index contributed by atoms with van der Waals surface area (Å²) >= 11 is 0. The second kappa shape index (κ2) is 6.52. The molecule has 4 heteroatoms. The Balaban J connectivity index is 2.16. The molecule has 116 valence electrons. The SMILES string of the molecule is COc1ccc(C(C)(C)C)cc1NOC(=O)c1ccccc1. The normalized spacial score (nSPS) is 10.9. The number of carbonyl (C=O) groups is 1. The van der Waals surface area contributed by atoms with Crippen molar-refractivity contribution in [3.63, 3.8) is 0 Å². The fraction of sp³-hybridized carbons (Fsp3) is 0.278. The van der Waals surface area contributed by atoms with Gasteiger partial charge < -0.3 is 9.57 Å². The van der Waals surface area contributed by atoms with E-state index < -0.39 is 5.97 Å². The van der Waals surface area contributed by atoms with E-state index in [9.17, 15) is 4.79 Å². The summed E-state index contributed by atoms with van der Waals surface area (Å²) < 4.78 is 5.30. The van der Waals surface area contributed by atoms with Crippen LogP contribution in [0.25, 0.3) is 0 Å². The van der Waals surface area contributed by atoms with Gasteiger partial charge in [0.25, 0.3) is 0 Å². The van der Waals surface area contributed by atoms with Gasteiger partial charge in [0, 0.05) is 0 Å². The molecule has 0 bridgehead atoms. The van der Waals surface area contributed by atoms with Crippen LogP contribution in [0.3, 0.4) is 0 Å². The Morgan fingerprint density at radius 3 is 2.32 bits per heavy atom. The Bertz CT molecular complexity index is 645. The standard InChI is InChI=1S/C18H21NO3/c1-18(2,3)14-10-11-16(21-4)15(12-14)19-22-17(20)13-8-6-5-7-9-13/h5-12,19H,1-4H3.